The molecule has 1 amide bonds. The normalized spacial score (nSPS) is 21.9. The lowest BCUT2D eigenvalue weighted by Crippen LogP contribution is -2.49. The van der Waals surface area contributed by atoms with Crippen molar-refractivity contribution < 1.29 is 13.2 Å². The number of carbonyl (C=O) groups excluding carboxylic acids is 1. The van der Waals surface area contributed by atoms with E-state index >= 15 is 0 Å². The van der Waals surface area contributed by atoms with Gasteiger partial charge in [0.1, 0.15) is 0 Å². The number of nitrogen functional groups attached to an aromatic ring is 1. The topological polar surface area (TPSA) is 92.5 Å². The van der Waals surface area contributed by atoms with Gasteiger partial charge in [0.15, 0.2) is 9.84 Å². The van der Waals surface area contributed by atoms with Crippen LogP contribution in [0.2, 0.25) is 5.02 Å². The first-order chi connectivity index (χ1) is 9.77. The highest BCUT2D eigenvalue weighted by Gasteiger charge is 2.29. The highest BCUT2D eigenvalue weighted by Crippen LogP contribution is 2.23. The Morgan fingerprint density at radius 2 is 2.24 bits per heavy atom. The Labute approximate surface area is 129 Å². The quantitative estimate of drug-likeness (QED) is 0.805. The zero-order valence-electron chi connectivity index (χ0n) is 11.7. The van der Waals surface area contributed by atoms with Crippen LogP contribution in [0.15, 0.2) is 18.2 Å². The van der Waals surface area contributed by atoms with Crippen LogP contribution in [0.5, 0.6) is 0 Å². The number of nitrogens with two attached hydrogens (primary N) is 1. The summed E-state index contributed by atoms with van der Waals surface area (Å²) in [4.78, 5) is 13.9. The summed E-state index contributed by atoms with van der Waals surface area (Å²) in [6.45, 7) is 2.29. The Hall–Kier alpha value is -1.31. The lowest BCUT2D eigenvalue weighted by Gasteiger charge is -2.32. The van der Waals surface area contributed by atoms with Gasteiger partial charge < -0.3 is 11.1 Å². The zero-order valence-corrected chi connectivity index (χ0v) is 13.2. The van der Waals surface area contributed by atoms with E-state index in [0.29, 0.717) is 22.9 Å². The fraction of sp³-hybridized carbons (Fsp3) is 0.462. The third-order valence-electron chi connectivity index (χ3n) is 3.44. The lowest BCUT2D eigenvalue weighted by molar-refractivity contribution is -0.117. The minimum atomic E-state index is -2.98. The molecular weight excluding hydrogens is 314 g/mol. The number of hydrogen-bond donors (Lipinski definition) is 2. The average molecular weight is 332 g/mol. The molecule has 0 spiro atoms. The summed E-state index contributed by atoms with van der Waals surface area (Å²) in [7, 11) is -2.98. The van der Waals surface area contributed by atoms with Gasteiger partial charge in [-0.3, -0.25) is 9.69 Å². The molecular formula is C13H18ClN3O3S. The van der Waals surface area contributed by atoms with E-state index in [-0.39, 0.29) is 30.0 Å². The van der Waals surface area contributed by atoms with Gasteiger partial charge in [-0.2, -0.15) is 0 Å². The number of amides is 1. The molecule has 6 nitrogen and oxygen atoms in total. The number of halogens is 1. The zero-order chi connectivity index (χ0) is 15.6. The van der Waals surface area contributed by atoms with E-state index in [0.717, 1.165) is 0 Å². The second-order valence-electron chi connectivity index (χ2n) is 5.21. The third kappa shape index (κ3) is 4.33. The van der Waals surface area contributed by atoms with Crippen LogP contribution in [0, 0.1) is 0 Å². The van der Waals surface area contributed by atoms with Crippen molar-refractivity contribution in [1.29, 1.82) is 0 Å². The molecule has 0 radical (unpaired) electrons. The molecule has 0 bridgehead atoms. The molecule has 0 aliphatic carbocycles. The van der Waals surface area contributed by atoms with Crippen LogP contribution in [0.25, 0.3) is 0 Å². The average Bonchev–Trinajstić information content (AvgIpc) is 2.37. The Bertz CT molecular complexity index is 648. The smallest absolute Gasteiger partial charge is 0.238 e. The van der Waals surface area contributed by atoms with E-state index in [1.165, 1.54) is 0 Å². The van der Waals surface area contributed by atoms with Crippen molar-refractivity contribution in [2.75, 3.05) is 35.6 Å². The lowest BCUT2D eigenvalue weighted by atomic mass is 10.2. The molecule has 0 saturated carbocycles. The molecule has 1 heterocycles. The molecule has 1 unspecified atom stereocenters. The summed E-state index contributed by atoms with van der Waals surface area (Å²) < 4.78 is 23.0. The van der Waals surface area contributed by atoms with Gasteiger partial charge in [0, 0.05) is 17.6 Å². The van der Waals surface area contributed by atoms with Crippen molar-refractivity contribution in [1.82, 2.24) is 4.90 Å². The number of hydrogen-bond acceptors (Lipinski definition) is 5. The van der Waals surface area contributed by atoms with Crippen molar-refractivity contribution in [2.24, 2.45) is 0 Å². The van der Waals surface area contributed by atoms with Crippen LogP contribution in [0.4, 0.5) is 11.4 Å². The molecule has 3 N–H and O–H groups in total. The number of benzene rings is 1. The number of anilines is 2. The molecule has 1 aromatic rings. The summed E-state index contributed by atoms with van der Waals surface area (Å²) in [5.74, 6) is -0.0705. The van der Waals surface area contributed by atoms with E-state index in [4.69, 9.17) is 17.3 Å². The van der Waals surface area contributed by atoms with Gasteiger partial charge in [-0.05, 0) is 25.1 Å². The van der Waals surface area contributed by atoms with E-state index < -0.39 is 9.84 Å². The van der Waals surface area contributed by atoms with Gasteiger partial charge in [0.05, 0.1) is 29.4 Å². The second kappa shape index (κ2) is 6.21. The van der Waals surface area contributed by atoms with Crippen LogP contribution in [-0.2, 0) is 14.6 Å². The largest absolute Gasteiger partial charge is 0.397 e. The van der Waals surface area contributed by atoms with Crippen molar-refractivity contribution in [3.63, 3.8) is 0 Å². The van der Waals surface area contributed by atoms with E-state index in [1.54, 1.807) is 25.1 Å². The molecule has 1 aromatic carbocycles. The van der Waals surface area contributed by atoms with E-state index in [1.807, 2.05) is 4.90 Å². The molecule has 116 valence electrons. The Morgan fingerprint density at radius 1 is 1.52 bits per heavy atom. The van der Waals surface area contributed by atoms with E-state index in [9.17, 15) is 13.2 Å². The summed E-state index contributed by atoms with van der Waals surface area (Å²) in [6.07, 6.45) is 0. The van der Waals surface area contributed by atoms with Crippen LogP contribution in [-0.4, -0.2) is 49.9 Å². The predicted octanol–water partition coefficient (Wildman–Crippen LogP) is 0.980. The minimum Gasteiger partial charge on any atom is -0.397 e. The third-order valence-corrected chi connectivity index (χ3v) is 5.47. The van der Waals surface area contributed by atoms with Gasteiger partial charge in [0.2, 0.25) is 5.91 Å². The SMILES string of the molecule is CC1CS(=O)(=O)CCN1CC(=O)Nc1cc(Cl)ccc1N. The first kappa shape index (κ1) is 16.1. The van der Waals surface area contributed by atoms with Crippen LogP contribution in [0.3, 0.4) is 0 Å². The molecule has 0 aromatic heterocycles. The van der Waals surface area contributed by atoms with Crippen molar-refractivity contribution in [2.45, 2.75) is 13.0 Å². The number of rotatable bonds is 3. The number of nitrogens with one attached hydrogen (secondary N) is 1. The van der Waals surface area contributed by atoms with Crippen molar-refractivity contribution >= 4 is 38.7 Å². The fourth-order valence-electron chi connectivity index (χ4n) is 2.28. The van der Waals surface area contributed by atoms with E-state index in [2.05, 4.69) is 5.32 Å². The second-order valence-corrected chi connectivity index (χ2v) is 7.88. The van der Waals surface area contributed by atoms with Gasteiger partial charge >= 0.3 is 0 Å². The predicted molar refractivity (Wildman–Crippen MR) is 84.2 cm³/mol. The first-order valence-electron chi connectivity index (χ1n) is 6.56. The van der Waals surface area contributed by atoms with Gasteiger partial charge in [0.25, 0.3) is 0 Å². The van der Waals surface area contributed by atoms with Crippen molar-refractivity contribution in [3.05, 3.63) is 23.2 Å². The molecule has 2 rings (SSSR count). The van der Waals surface area contributed by atoms with Crippen LogP contribution in [0.1, 0.15) is 6.92 Å². The monoisotopic (exact) mass is 331 g/mol. The molecule has 1 fully saturated rings. The van der Waals surface area contributed by atoms with Crippen LogP contribution >= 0.6 is 11.6 Å². The summed E-state index contributed by atoms with van der Waals surface area (Å²) >= 11 is 5.86. The highest BCUT2D eigenvalue weighted by atomic mass is 35.5. The maximum atomic E-state index is 12.1. The minimum absolute atomic E-state index is 0.0829. The standard InChI is InChI=1S/C13H18ClN3O3S/c1-9-8-21(19,20)5-4-17(9)7-13(18)16-12-6-10(14)2-3-11(12)15/h2-3,6,9H,4-5,7-8,15H2,1H3,(H,16,18). The van der Waals surface area contributed by atoms with Gasteiger partial charge in [-0.25, -0.2) is 8.42 Å². The summed E-state index contributed by atoms with van der Waals surface area (Å²) in [5, 5.41) is 3.18. The molecule has 21 heavy (non-hydrogen) atoms. The highest BCUT2D eigenvalue weighted by molar-refractivity contribution is 7.91. The fourth-order valence-corrected chi connectivity index (χ4v) is 4.08. The molecule has 1 atom stereocenters. The molecule has 8 heteroatoms. The number of nitrogens with zero attached hydrogens (tertiary/aromatic N) is 1. The maximum absolute atomic E-state index is 12.1. The molecule has 1 saturated heterocycles. The molecule has 1 aliphatic rings. The summed E-state index contributed by atoms with van der Waals surface area (Å²) in [6, 6.07) is 4.67. The maximum Gasteiger partial charge on any atom is 0.238 e. The Balaban J connectivity index is 1.97. The van der Waals surface area contributed by atoms with Gasteiger partial charge in [-0.15, -0.1) is 0 Å². The number of carbonyl (C=O) groups is 1. The van der Waals surface area contributed by atoms with Gasteiger partial charge in [-0.1, -0.05) is 11.6 Å². The Kier molecular flexibility index (Phi) is 4.75. The summed E-state index contributed by atoms with van der Waals surface area (Å²) in [5.41, 5.74) is 6.66. The van der Waals surface area contributed by atoms with Crippen molar-refractivity contribution in [3.8, 4) is 0 Å². The molecule has 1 aliphatic heterocycles. The first-order valence-corrected chi connectivity index (χ1v) is 8.76. The Morgan fingerprint density at radius 3 is 2.90 bits per heavy atom. The van der Waals surface area contributed by atoms with Crippen LogP contribution < -0.4 is 11.1 Å². The number of sulfone groups is 1.